The first-order valence-corrected chi connectivity index (χ1v) is 7.77. The average molecular weight is 306 g/mol. The van der Waals surface area contributed by atoms with E-state index in [1.54, 1.807) is 13.8 Å². The Morgan fingerprint density at radius 3 is 2.38 bits per heavy atom. The van der Waals surface area contributed by atoms with Crippen molar-refractivity contribution in [3.8, 4) is 0 Å². The van der Waals surface area contributed by atoms with Crippen LogP contribution in [-0.2, 0) is 4.79 Å². The molecule has 2 fully saturated rings. The van der Waals surface area contributed by atoms with E-state index in [9.17, 15) is 18.0 Å². The molecule has 0 radical (unpaired) electrons. The van der Waals surface area contributed by atoms with E-state index < -0.39 is 17.5 Å². The summed E-state index contributed by atoms with van der Waals surface area (Å²) < 4.78 is 39.0. The highest BCUT2D eigenvalue weighted by Crippen LogP contribution is 2.44. The molecule has 1 atom stereocenters. The van der Waals surface area contributed by atoms with Crippen molar-refractivity contribution >= 4 is 5.91 Å². The summed E-state index contributed by atoms with van der Waals surface area (Å²) >= 11 is 0. The zero-order chi connectivity index (χ0) is 15.7. The molecule has 1 aliphatic heterocycles. The second-order valence-corrected chi connectivity index (χ2v) is 7.13. The molecule has 6 heteroatoms. The molecular weight excluding hydrogens is 281 g/mol. The molecule has 1 amide bonds. The Morgan fingerprint density at radius 1 is 1.24 bits per heavy atom. The second kappa shape index (κ2) is 6.15. The van der Waals surface area contributed by atoms with Crippen LogP contribution in [0.5, 0.6) is 0 Å². The predicted molar refractivity (Wildman–Crippen MR) is 74.8 cm³/mol. The van der Waals surface area contributed by atoms with Crippen molar-refractivity contribution in [1.29, 1.82) is 0 Å². The van der Waals surface area contributed by atoms with E-state index in [4.69, 9.17) is 0 Å². The molecule has 0 bridgehead atoms. The van der Waals surface area contributed by atoms with Crippen LogP contribution >= 0.6 is 0 Å². The number of halogens is 3. The lowest BCUT2D eigenvalue weighted by molar-refractivity contribution is -0.216. The summed E-state index contributed by atoms with van der Waals surface area (Å²) in [5, 5.41) is 2.99. The smallest absolute Gasteiger partial charge is 0.352 e. The molecule has 2 rings (SSSR count). The fourth-order valence-corrected chi connectivity index (χ4v) is 3.76. The minimum absolute atomic E-state index is 0.0526. The number of carbonyl (C=O) groups is 1. The molecule has 1 N–H and O–H groups in total. The van der Waals surface area contributed by atoms with Crippen LogP contribution in [0.4, 0.5) is 13.2 Å². The van der Waals surface area contributed by atoms with E-state index in [1.165, 1.54) is 0 Å². The lowest BCUT2D eigenvalue weighted by atomic mass is 9.73. The van der Waals surface area contributed by atoms with Gasteiger partial charge in [0.05, 0.1) is 12.5 Å². The van der Waals surface area contributed by atoms with Gasteiger partial charge in [-0.15, -0.1) is 0 Å². The minimum atomic E-state index is -4.15. The summed E-state index contributed by atoms with van der Waals surface area (Å²) in [7, 11) is 0. The van der Waals surface area contributed by atoms with Crippen molar-refractivity contribution in [2.45, 2.75) is 58.2 Å². The molecule has 122 valence electrons. The first-order valence-electron chi connectivity index (χ1n) is 7.77. The molecule has 0 spiro atoms. The van der Waals surface area contributed by atoms with Gasteiger partial charge in [-0.25, -0.2) is 0 Å². The monoisotopic (exact) mass is 306 g/mol. The normalized spacial score (nSPS) is 27.8. The van der Waals surface area contributed by atoms with E-state index in [2.05, 4.69) is 5.32 Å². The lowest BCUT2D eigenvalue weighted by Gasteiger charge is -2.44. The van der Waals surface area contributed by atoms with Crippen LogP contribution in [0.25, 0.3) is 0 Å². The van der Waals surface area contributed by atoms with Crippen LogP contribution in [0.15, 0.2) is 0 Å². The summed E-state index contributed by atoms with van der Waals surface area (Å²) in [4.78, 5) is 13.8. The molecule has 1 aliphatic carbocycles. The Morgan fingerprint density at radius 2 is 1.86 bits per heavy atom. The molecule has 0 unspecified atom stereocenters. The van der Waals surface area contributed by atoms with Gasteiger partial charge in [0.15, 0.2) is 0 Å². The van der Waals surface area contributed by atoms with Crippen LogP contribution in [0.3, 0.4) is 0 Å². The molecule has 1 heterocycles. The van der Waals surface area contributed by atoms with Crippen LogP contribution in [-0.4, -0.2) is 42.7 Å². The predicted octanol–water partition coefficient (Wildman–Crippen LogP) is 2.96. The second-order valence-electron chi connectivity index (χ2n) is 7.13. The van der Waals surface area contributed by atoms with Gasteiger partial charge in [0, 0.05) is 12.6 Å². The zero-order valence-corrected chi connectivity index (χ0v) is 12.8. The van der Waals surface area contributed by atoms with Gasteiger partial charge in [0.25, 0.3) is 0 Å². The standard InChI is InChI=1S/C15H25F3N2O/c1-14(2)10-20(8-7-12(14)15(16,17)18)9-13(21)19-11-5-3-4-6-11/h11-12H,3-10H2,1-2H3,(H,19,21)/t12-/m1/s1. The molecule has 1 saturated heterocycles. The van der Waals surface area contributed by atoms with E-state index in [0.29, 0.717) is 13.1 Å². The maximum Gasteiger partial charge on any atom is 0.392 e. The average Bonchev–Trinajstić information content (AvgIpc) is 2.78. The number of carbonyl (C=O) groups excluding carboxylic acids is 1. The molecule has 0 aromatic carbocycles. The van der Waals surface area contributed by atoms with E-state index in [1.807, 2.05) is 4.90 Å². The van der Waals surface area contributed by atoms with Crippen LogP contribution in [0, 0.1) is 11.3 Å². The molecule has 21 heavy (non-hydrogen) atoms. The van der Waals surface area contributed by atoms with Crippen molar-refractivity contribution in [2.75, 3.05) is 19.6 Å². The molecule has 2 aliphatic rings. The summed E-state index contributed by atoms with van der Waals surface area (Å²) in [6.45, 7) is 4.16. The molecule has 1 saturated carbocycles. The number of piperidine rings is 1. The van der Waals surface area contributed by atoms with E-state index >= 15 is 0 Å². The third kappa shape index (κ3) is 4.34. The Kier molecular flexibility index (Phi) is 4.85. The highest BCUT2D eigenvalue weighted by molar-refractivity contribution is 5.78. The van der Waals surface area contributed by atoms with Crippen molar-refractivity contribution in [3.05, 3.63) is 0 Å². The van der Waals surface area contributed by atoms with E-state index in [-0.39, 0.29) is 24.9 Å². The largest absolute Gasteiger partial charge is 0.392 e. The van der Waals surface area contributed by atoms with Gasteiger partial charge in [-0.2, -0.15) is 13.2 Å². The van der Waals surface area contributed by atoms with E-state index in [0.717, 1.165) is 25.7 Å². The maximum absolute atomic E-state index is 13.0. The molecule has 3 nitrogen and oxygen atoms in total. The minimum Gasteiger partial charge on any atom is -0.352 e. The van der Waals surface area contributed by atoms with Crippen LogP contribution in [0.2, 0.25) is 0 Å². The van der Waals surface area contributed by atoms with Gasteiger partial charge in [-0.05, 0) is 31.2 Å². The summed E-state index contributed by atoms with van der Waals surface area (Å²) in [5.41, 5.74) is -0.843. The number of amides is 1. The number of rotatable bonds is 3. The molecular formula is C15H25F3N2O. The van der Waals surface area contributed by atoms with Gasteiger partial charge in [-0.3, -0.25) is 9.69 Å². The van der Waals surface area contributed by atoms with Gasteiger partial charge < -0.3 is 5.32 Å². The number of likely N-dealkylation sites (tertiary alicyclic amines) is 1. The van der Waals surface area contributed by atoms with Crippen LogP contribution in [0.1, 0.15) is 46.0 Å². The summed E-state index contributed by atoms with van der Waals surface area (Å²) in [6, 6.07) is 0.262. The van der Waals surface area contributed by atoms with Gasteiger partial charge in [0.2, 0.25) is 5.91 Å². The highest BCUT2D eigenvalue weighted by Gasteiger charge is 2.51. The number of hydrogen-bond acceptors (Lipinski definition) is 2. The van der Waals surface area contributed by atoms with Gasteiger partial charge >= 0.3 is 6.18 Å². The molecule has 0 aromatic rings. The third-order valence-electron chi connectivity index (χ3n) is 4.79. The van der Waals surface area contributed by atoms with Crippen LogP contribution < -0.4 is 5.32 Å². The first-order chi connectivity index (χ1) is 9.68. The fraction of sp³-hybridized carbons (Fsp3) is 0.933. The van der Waals surface area contributed by atoms with Crippen molar-refractivity contribution in [3.63, 3.8) is 0 Å². The lowest BCUT2D eigenvalue weighted by Crippen LogP contribution is -2.53. The van der Waals surface area contributed by atoms with Crippen molar-refractivity contribution in [2.24, 2.45) is 11.3 Å². The Balaban J connectivity index is 1.85. The summed E-state index contributed by atoms with van der Waals surface area (Å²) in [5.74, 6) is -1.33. The first kappa shape index (κ1) is 16.6. The van der Waals surface area contributed by atoms with Gasteiger partial charge in [-0.1, -0.05) is 26.7 Å². The number of alkyl halides is 3. The van der Waals surface area contributed by atoms with Crippen molar-refractivity contribution < 1.29 is 18.0 Å². The summed E-state index contributed by atoms with van der Waals surface area (Å²) in [6.07, 6.45) is 0.263. The maximum atomic E-state index is 13.0. The van der Waals surface area contributed by atoms with Crippen molar-refractivity contribution in [1.82, 2.24) is 10.2 Å². The zero-order valence-electron chi connectivity index (χ0n) is 12.8. The Bertz CT molecular complexity index is 376. The van der Waals surface area contributed by atoms with Gasteiger partial charge in [0.1, 0.15) is 0 Å². The SMILES string of the molecule is CC1(C)CN(CC(=O)NC2CCCC2)CC[C@H]1C(F)(F)F. The Labute approximate surface area is 124 Å². The number of nitrogens with zero attached hydrogens (tertiary/aromatic N) is 1. The number of nitrogens with one attached hydrogen (secondary N) is 1. The fourth-order valence-electron chi connectivity index (χ4n) is 3.76. The molecule has 0 aromatic heterocycles. The quantitative estimate of drug-likeness (QED) is 0.869. The Hall–Kier alpha value is -0.780. The number of hydrogen-bond donors (Lipinski definition) is 1. The highest BCUT2D eigenvalue weighted by atomic mass is 19.4. The third-order valence-corrected chi connectivity index (χ3v) is 4.79. The topological polar surface area (TPSA) is 32.3 Å².